The SMILES string of the molecule is CCCC[C@H](N)c1nc2ccccc2[nH]1. The van der Waals surface area contributed by atoms with Gasteiger partial charge in [-0.1, -0.05) is 31.9 Å². The van der Waals surface area contributed by atoms with Gasteiger partial charge in [0.05, 0.1) is 17.1 Å². The molecule has 3 nitrogen and oxygen atoms in total. The number of benzene rings is 1. The Morgan fingerprint density at radius 3 is 2.93 bits per heavy atom. The number of H-pyrrole nitrogens is 1. The Balaban J connectivity index is 2.20. The van der Waals surface area contributed by atoms with Crippen LogP contribution < -0.4 is 5.73 Å². The fourth-order valence-corrected chi connectivity index (χ4v) is 1.71. The number of unbranched alkanes of at least 4 members (excludes halogenated alkanes) is 1. The van der Waals surface area contributed by atoms with Gasteiger partial charge in [0.25, 0.3) is 0 Å². The standard InChI is InChI=1S/C12H17N3/c1-2-3-6-9(13)12-14-10-7-4-5-8-11(10)15-12/h4-5,7-9H,2-3,6,13H2,1H3,(H,14,15)/t9-/m0/s1. The molecule has 0 saturated carbocycles. The summed E-state index contributed by atoms with van der Waals surface area (Å²) in [6, 6.07) is 8.06. The number of aromatic amines is 1. The largest absolute Gasteiger partial charge is 0.341 e. The molecule has 0 saturated heterocycles. The summed E-state index contributed by atoms with van der Waals surface area (Å²) < 4.78 is 0. The molecule has 0 aliphatic carbocycles. The van der Waals surface area contributed by atoms with Gasteiger partial charge in [0.2, 0.25) is 0 Å². The molecule has 0 aliphatic heterocycles. The van der Waals surface area contributed by atoms with Crippen LogP contribution >= 0.6 is 0 Å². The third-order valence-electron chi connectivity index (χ3n) is 2.63. The van der Waals surface area contributed by atoms with Gasteiger partial charge in [-0.3, -0.25) is 0 Å². The van der Waals surface area contributed by atoms with Crippen LogP contribution in [0.15, 0.2) is 24.3 Å². The first-order valence-electron chi connectivity index (χ1n) is 5.51. The van der Waals surface area contributed by atoms with E-state index in [-0.39, 0.29) is 6.04 Å². The van der Waals surface area contributed by atoms with Crippen LogP contribution in [-0.2, 0) is 0 Å². The second-order valence-corrected chi connectivity index (χ2v) is 3.89. The monoisotopic (exact) mass is 203 g/mol. The Labute approximate surface area is 89.7 Å². The van der Waals surface area contributed by atoms with E-state index in [0.717, 1.165) is 29.7 Å². The molecule has 3 N–H and O–H groups in total. The van der Waals surface area contributed by atoms with Gasteiger partial charge in [0.15, 0.2) is 0 Å². The molecule has 80 valence electrons. The lowest BCUT2D eigenvalue weighted by atomic mass is 10.1. The zero-order valence-corrected chi connectivity index (χ0v) is 9.03. The Bertz CT molecular complexity index is 400. The first-order valence-corrected chi connectivity index (χ1v) is 5.51. The lowest BCUT2D eigenvalue weighted by Crippen LogP contribution is -2.11. The molecule has 3 heteroatoms. The molecule has 0 aliphatic rings. The maximum Gasteiger partial charge on any atom is 0.124 e. The molecular weight excluding hydrogens is 186 g/mol. The van der Waals surface area contributed by atoms with E-state index in [9.17, 15) is 0 Å². The van der Waals surface area contributed by atoms with Crippen molar-refractivity contribution in [1.29, 1.82) is 0 Å². The molecule has 0 bridgehead atoms. The summed E-state index contributed by atoms with van der Waals surface area (Å²) in [4.78, 5) is 7.75. The van der Waals surface area contributed by atoms with Crippen molar-refractivity contribution < 1.29 is 0 Å². The Morgan fingerprint density at radius 1 is 1.40 bits per heavy atom. The molecule has 0 fully saturated rings. The average Bonchev–Trinajstić information content (AvgIpc) is 2.69. The Hall–Kier alpha value is -1.35. The molecule has 1 atom stereocenters. The molecule has 1 heterocycles. The van der Waals surface area contributed by atoms with Gasteiger partial charge in [-0.05, 0) is 18.6 Å². The highest BCUT2D eigenvalue weighted by Crippen LogP contribution is 2.17. The first-order chi connectivity index (χ1) is 7.31. The van der Waals surface area contributed by atoms with Gasteiger partial charge in [0.1, 0.15) is 5.82 Å². The van der Waals surface area contributed by atoms with E-state index in [0.29, 0.717) is 0 Å². The maximum atomic E-state index is 6.05. The van der Waals surface area contributed by atoms with Crippen molar-refractivity contribution in [2.24, 2.45) is 5.73 Å². The normalized spacial score (nSPS) is 13.2. The smallest absolute Gasteiger partial charge is 0.124 e. The highest BCUT2D eigenvalue weighted by molar-refractivity contribution is 5.74. The molecule has 1 aromatic carbocycles. The molecule has 0 amide bonds. The number of nitrogens with two attached hydrogens (primary N) is 1. The zero-order chi connectivity index (χ0) is 10.7. The van der Waals surface area contributed by atoms with E-state index in [4.69, 9.17) is 5.73 Å². The predicted octanol–water partition coefficient (Wildman–Crippen LogP) is 2.75. The number of imidazole rings is 1. The molecule has 1 aromatic heterocycles. The molecular formula is C12H17N3. The lowest BCUT2D eigenvalue weighted by molar-refractivity contribution is 0.581. The van der Waals surface area contributed by atoms with Crippen molar-refractivity contribution in [2.45, 2.75) is 32.2 Å². The minimum atomic E-state index is 0.0392. The van der Waals surface area contributed by atoms with Crippen LogP contribution in [0.5, 0.6) is 0 Å². The predicted molar refractivity (Wildman–Crippen MR) is 62.5 cm³/mol. The summed E-state index contributed by atoms with van der Waals surface area (Å²) in [6.07, 6.45) is 3.32. The van der Waals surface area contributed by atoms with Crippen molar-refractivity contribution >= 4 is 11.0 Å². The highest BCUT2D eigenvalue weighted by Gasteiger charge is 2.09. The highest BCUT2D eigenvalue weighted by atomic mass is 15.0. The fraction of sp³-hybridized carbons (Fsp3) is 0.417. The number of nitrogens with one attached hydrogen (secondary N) is 1. The summed E-state index contributed by atoms with van der Waals surface area (Å²) in [5.41, 5.74) is 8.12. The summed E-state index contributed by atoms with van der Waals surface area (Å²) >= 11 is 0. The van der Waals surface area contributed by atoms with Gasteiger partial charge in [-0.15, -0.1) is 0 Å². The number of aromatic nitrogens is 2. The van der Waals surface area contributed by atoms with E-state index in [1.54, 1.807) is 0 Å². The van der Waals surface area contributed by atoms with Gasteiger partial charge in [-0.2, -0.15) is 0 Å². The number of hydrogen-bond donors (Lipinski definition) is 2. The van der Waals surface area contributed by atoms with Crippen LogP contribution in [-0.4, -0.2) is 9.97 Å². The average molecular weight is 203 g/mol. The zero-order valence-electron chi connectivity index (χ0n) is 9.03. The number of fused-ring (bicyclic) bond motifs is 1. The molecule has 2 rings (SSSR count). The van der Waals surface area contributed by atoms with Crippen LogP contribution in [0, 0.1) is 0 Å². The summed E-state index contributed by atoms with van der Waals surface area (Å²) in [7, 11) is 0. The first kappa shape index (κ1) is 10.2. The van der Waals surface area contributed by atoms with Crippen molar-refractivity contribution in [3.05, 3.63) is 30.1 Å². The van der Waals surface area contributed by atoms with Crippen LogP contribution in [0.2, 0.25) is 0 Å². The minimum Gasteiger partial charge on any atom is -0.341 e. The topological polar surface area (TPSA) is 54.7 Å². The molecule has 0 spiro atoms. The summed E-state index contributed by atoms with van der Waals surface area (Å²) in [6.45, 7) is 2.17. The minimum absolute atomic E-state index is 0.0392. The van der Waals surface area contributed by atoms with E-state index in [1.807, 2.05) is 24.3 Å². The summed E-state index contributed by atoms with van der Waals surface area (Å²) in [5.74, 6) is 0.907. The third-order valence-corrected chi connectivity index (χ3v) is 2.63. The van der Waals surface area contributed by atoms with Crippen molar-refractivity contribution in [2.75, 3.05) is 0 Å². The molecule has 2 aromatic rings. The summed E-state index contributed by atoms with van der Waals surface area (Å²) in [5, 5.41) is 0. The quantitative estimate of drug-likeness (QED) is 0.802. The fourth-order valence-electron chi connectivity index (χ4n) is 1.71. The van der Waals surface area contributed by atoms with Gasteiger partial charge < -0.3 is 10.7 Å². The van der Waals surface area contributed by atoms with Crippen LogP contribution in [0.25, 0.3) is 11.0 Å². The molecule has 0 unspecified atom stereocenters. The molecule has 15 heavy (non-hydrogen) atoms. The van der Waals surface area contributed by atoms with E-state index in [2.05, 4.69) is 16.9 Å². The van der Waals surface area contributed by atoms with Crippen molar-refractivity contribution in [1.82, 2.24) is 9.97 Å². The number of hydrogen-bond acceptors (Lipinski definition) is 2. The second kappa shape index (κ2) is 4.45. The maximum absolute atomic E-state index is 6.05. The lowest BCUT2D eigenvalue weighted by Gasteiger charge is -2.06. The number of para-hydroxylation sites is 2. The second-order valence-electron chi connectivity index (χ2n) is 3.89. The van der Waals surface area contributed by atoms with E-state index in [1.165, 1.54) is 6.42 Å². The van der Waals surface area contributed by atoms with E-state index < -0.39 is 0 Å². The van der Waals surface area contributed by atoms with Crippen molar-refractivity contribution in [3.8, 4) is 0 Å². The van der Waals surface area contributed by atoms with Gasteiger partial charge in [0, 0.05) is 0 Å². The van der Waals surface area contributed by atoms with Gasteiger partial charge in [-0.25, -0.2) is 4.98 Å². The van der Waals surface area contributed by atoms with Gasteiger partial charge >= 0.3 is 0 Å². The third kappa shape index (κ3) is 2.18. The van der Waals surface area contributed by atoms with Crippen LogP contribution in [0.1, 0.15) is 38.1 Å². The van der Waals surface area contributed by atoms with Crippen molar-refractivity contribution in [3.63, 3.8) is 0 Å². The Morgan fingerprint density at radius 2 is 2.20 bits per heavy atom. The number of nitrogens with zero attached hydrogens (tertiary/aromatic N) is 1. The van der Waals surface area contributed by atoms with Crippen LogP contribution in [0.3, 0.4) is 0 Å². The Kier molecular flexibility index (Phi) is 3.02. The molecule has 0 radical (unpaired) electrons. The number of rotatable bonds is 4. The van der Waals surface area contributed by atoms with Crippen LogP contribution in [0.4, 0.5) is 0 Å². The van der Waals surface area contributed by atoms with E-state index >= 15 is 0 Å².